The van der Waals surface area contributed by atoms with Gasteiger partial charge in [0, 0.05) is 23.2 Å². The molecule has 0 spiro atoms. The van der Waals surface area contributed by atoms with E-state index in [0.717, 1.165) is 22.8 Å². The highest BCUT2D eigenvalue weighted by Crippen LogP contribution is 2.42. The number of hydrogen-bond acceptors (Lipinski definition) is 3. The van der Waals surface area contributed by atoms with Crippen molar-refractivity contribution in [1.29, 1.82) is 0 Å². The van der Waals surface area contributed by atoms with Gasteiger partial charge in [-0.25, -0.2) is 0 Å². The van der Waals surface area contributed by atoms with E-state index in [-0.39, 0.29) is 11.7 Å². The van der Waals surface area contributed by atoms with Crippen LogP contribution >= 0.6 is 11.6 Å². The Labute approximate surface area is 129 Å². The standard InChI is InChI=1S/C17H18ClNO2/c1-10-9-19-14-5-4-12(18)8-13(14)17(10)11-3-6-15(20)16(7-11)21-2/h3-8,10,17,19-20H,9H2,1-2H3/t10-,17-/m0/s1. The van der Waals surface area contributed by atoms with Gasteiger partial charge in [-0.2, -0.15) is 0 Å². The highest BCUT2D eigenvalue weighted by molar-refractivity contribution is 6.30. The number of hydrogen-bond donors (Lipinski definition) is 2. The summed E-state index contributed by atoms with van der Waals surface area (Å²) in [5.41, 5.74) is 3.44. The maximum Gasteiger partial charge on any atom is 0.160 e. The van der Waals surface area contributed by atoms with Crippen molar-refractivity contribution in [3.05, 3.63) is 52.5 Å². The molecule has 0 amide bonds. The van der Waals surface area contributed by atoms with E-state index in [4.69, 9.17) is 16.3 Å². The number of benzene rings is 2. The highest BCUT2D eigenvalue weighted by Gasteiger charge is 2.28. The van der Waals surface area contributed by atoms with Crippen LogP contribution in [0.4, 0.5) is 5.69 Å². The molecule has 0 bridgehead atoms. The van der Waals surface area contributed by atoms with Crippen molar-refractivity contribution in [3.63, 3.8) is 0 Å². The molecular formula is C17H18ClNO2. The Kier molecular flexibility index (Phi) is 3.68. The van der Waals surface area contributed by atoms with Gasteiger partial charge in [-0.15, -0.1) is 0 Å². The minimum Gasteiger partial charge on any atom is -0.504 e. The molecule has 0 aliphatic carbocycles. The van der Waals surface area contributed by atoms with Gasteiger partial charge in [-0.05, 0) is 47.4 Å². The van der Waals surface area contributed by atoms with Crippen LogP contribution in [0.2, 0.25) is 5.02 Å². The summed E-state index contributed by atoms with van der Waals surface area (Å²) in [6, 6.07) is 11.5. The topological polar surface area (TPSA) is 41.5 Å². The van der Waals surface area contributed by atoms with Crippen molar-refractivity contribution in [2.45, 2.75) is 12.8 Å². The van der Waals surface area contributed by atoms with Gasteiger partial charge in [0.05, 0.1) is 7.11 Å². The lowest BCUT2D eigenvalue weighted by Gasteiger charge is -2.33. The Hall–Kier alpha value is -1.87. The fraction of sp³-hybridized carbons (Fsp3) is 0.294. The number of rotatable bonds is 2. The van der Waals surface area contributed by atoms with Gasteiger partial charge in [0.2, 0.25) is 0 Å². The number of fused-ring (bicyclic) bond motifs is 1. The third kappa shape index (κ3) is 2.54. The molecule has 3 rings (SSSR count). The molecular weight excluding hydrogens is 286 g/mol. The Bertz CT molecular complexity index is 672. The van der Waals surface area contributed by atoms with Crippen molar-refractivity contribution in [1.82, 2.24) is 0 Å². The normalized spacial score (nSPS) is 20.5. The van der Waals surface area contributed by atoms with Gasteiger partial charge in [0.25, 0.3) is 0 Å². The first-order valence-electron chi connectivity index (χ1n) is 7.00. The summed E-state index contributed by atoms with van der Waals surface area (Å²) in [4.78, 5) is 0. The first-order valence-corrected chi connectivity index (χ1v) is 7.38. The molecule has 2 aromatic carbocycles. The summed E-state index contributed by atoms with van der Waals surface area (Å²) in [6.45, 7) is 3.11. The van der Waals surface area contributed by atoms with Crippen molar-refractivity contribution >= 4 is 17.3 Å². The lowest BCUT2D eigenvalue weighted by Crippen LogP contribution is -2.26. The minimum absolute atomic E-state index is 0.161. The molecule has 0 saturated carbocycles. The van der Waals surface area contributed by atoms with Crippen molar-refractivity contribution in [2.75, 3.05) is 19.0 Å². The van der Waals surface area contributed by atoms with Gasteiger partial charge in [-0.1, -0.05) is 24.6 Å². The van der Waals surface area contributed by atoms with Gasteiger partial charge in [0.15, 0.2) is 11.5 Å². The predicted octanol–water partition coefficient (Wildman–Crippen LogP) is 4.25. The fourth-order valence-corrected chi connectivity index (χ4v) is 3.22. The quantitative estimate of drug-likeness (QED) is 0.871. The van der Waals surface area contributed by atoms with Crippen LogP contribution in [0.5, 0.6) is 11.5 Å². The van der Waals surface area contributed by atoms with Crippen LogP contribution in [0.3, 0.4) is 0 Å². The molecule has 3 nitrogen and oxygen atoms in total. The van der Waals surface area contributed by atoms with Gasteiger partial charge >= 0.3 is 0 Å². The van der Waals surface area contributed by atoms with E-state index < -0.39 is 0 Å². The minimum atomic E-state index is 0.161. The molecule has 2 aromatic rings. The number of phenolic OH excluding ortho intramolecular Hbond substituents is 1. The first-order chi connectivity index (χ1) is 10.1. The number of aromatic hydroxyl groups is 1. The summed E-state index contributed by atoms with van der Waals surface area (Å²) < 4.78 is 5.23. The van der Waals surface area contributed by atoms with Crippen LogP contribution in [0.15, 0.2) is 36.4 Å². The number of phenols is 1. The lowest BCUT2D eigenvalue weighted by atomic mass is 9.78. The van der Waals surface area contributed by atoms with Crippen LogP contribution in [0.1, 0.15) is 24.0 Å². The Balaban J connectivity index is 2.11. The molecule has 2 atom stereocenters. The van der Waals surface area contributed by atoms with E-state index in [9.17, 15) is 5.11 Å². The zero-order valence-electron chi connectivity index (χ0n) is 12.1. The maximum atomic E-state index is 9.78. The van der Waals surface area contributed by atoms with Crippen molar-refractivity contribution < 1.29 is 9.84 Å². The zero-order chi connectivity index (χ0) is 15.0. The van der Waals surface area contributed by atoms with Gasteiger partial charge in [-0.3, -0.25) is 0 Å². The Morgan fingerprint density at radius 3 is 2.81 bits per heavy atom. The zero-order valence-corrected chi connectivity index (χ0v) is 12.8. The van der Waals surface area contributed by atoms with E-state index in [0.29, 0.717) is 11.7 Å². The molecule has 1 aliphatic heterocycles. The average Bonchev–Trinajstić information content (AvgIpc) is 2.48. The fourth-order valence-electron chi connectivity index (χ4n) is 3.04. The van der Waals surface area contributed by atoms with E-state index in [1.807, 2.05) is 30.3 Å². The molecule has 21 heavy (non-hydrogen) atoms. The molecule has 0 unspecified atom stereocenters. The summed E-state index contributed by atoms with van der Waals surface area (Å²) >= 11 is 6.17. The van der Waals surface area contributed by atoms with Gasteiger partial charge < -0.3 is 15.2 Å². The monoisotopic (exact) mass is 303 g/mol. The van der Waals surface area contributed by atoms with E-state index in [1.165, 1.54) is 5.56 Å². The van der Waals surface area contributed by atoms with Crippen molar-refractivity contribution in [2.24, 2.45) is 5.92 Å². The molecule has 0 radical (unpaired) electrons. The number of anilines is 1. The molecule has 1 heterocycles. The van der Waals surface area contributed by atoms with Crippen LogP contribution < -0.4 is 10.1 Å². The lowest BCUT2D eigenvalue weighted by molar-refractivity contribution is 0.372. The molecule has 0 fully saturated rings. The van der Waals surface area contributed by atoms with Gasteiger partial charge in [0.1, 0.15) is 0 Å². The Morgan fingerprint density at radius 2 is 2.05 bits per heavy atom. The molecule has 0 aromatic heterocycles. The predicted molar refractivity (Wildman–Crippen MR) is 85.6 cm³/mol. The summed E-state index contributed by atoms with van der Waals surface area (Å²) in [6.07, 6.45) is 0. The number of nitrogens with one attached hydrogen (secondary N) is 1. The summed E-state index contributed by atoms with van der Waals surface area (Å²) in [5, 5.41) is 14.0. The second-order valence-electron chi connectivity index (χ2n) is 5.50. The maximum absolute atomic E-state index is 9.78. The molecule has 1 aliphatic rings. The van der Waals surface area contributed by atoms with Crippen molar-refractivity contribution in [3.8, 4) is 11.5 Å². The van der Waals surface area contributed by atoms with Crippen LogP contribution in [0, 0.1) is 5.92 Å². The Morgan fingerprint density at radius 1 is 1.24 bits per heavy atom. The summed E-state index contributed by atoms with van der Waals surface area (Å²) in [7, 11) is 1.56. The molecule has 110 valence electrons. The van der Waals surface area contributed by atoms with Crippen LogP contribution in [-0.4, -0.2) is 18.8 Å². The second-order valence-corrected chi connectivity index (χ2v) is 5.94. The van der Waals surface area contributed by atoms with E-state index in [2.05, 4.69) is 12.2 Å². The molecule has 0 saturated heterocycles. The number of ether oxygens (including phenoxy) is 1. The second kappa shape index (κ2) is 5.49. The third-order valence-corrected chi connectivity index (χ3v) is 4.33. The number of methoxy groups -OCH3 is 1. The molecule has 4 heteroatoms. The molecule has 2 N–H and O–H groups in total. The van der Waals surface area contributed by atoms with E-state index in [1.54, 1.807) is 13.2 Å². The van der Waals surface area contributed by atoms with E-state index >= 15 is 0 Å². The SMILES string of the molecule is COc1cc([C@H]2c3cc(Cl)ccc3NC[C@@H]2C)ccc1O. The van der Waals surface area contributed by atoms with Crippen LogP contribution in [0.25, 0.3) is 0 Å². The summed E-state index contributed by atoms with van der Waals surface area (Å²) in [5.74, 6) is 1.32. The smallest absolute Gasteiger partial charge is 0.160 e. The van der Waals surface area contributed by atoms with Crippen LogP contribution in [-0.2, 0) is 0 Å². The largest absolute Gasteiger partial charge is 0.504 e. The highest BCUT2D eigenvalue weighted by atomic mass is 35.5. The third-order valence-electron chi connectivity index (χ3n) is 4.10. The first kappa shape index (κ1) is 14.1. The number of halogens is 1. The average molecular weight is 304 g/mol.